The van der Waals surface area contributed by atoms with Gasteiger partial charge in [-0.15, -0.1) is 0 Å². The highest BCUT2D eigenvalue weighted by Crippen LogP contribution is 2.25. The number of rotatable bonds is 6. The lowest BCUT2D eigenvalue weighted by Crippen LogP contribution is -2.44. The van der Waals surface area contributed by atoms with Crippen LogP contribution in [0.1, 0.15) is 58.2 Å². The second-order valence-electron chi connectivity index (χ2n) is 6.52. The zero-order valence-electron chi connectivity index (χ0n) is 12.8. The number of nitrogens with zero attached hydrogens (tertiary/aromatic N) is 3. The molecule has 0 bridgehead atoms. The first-order valence-corrected chi connectivity index (χ1v) is 7.82. The van der Waals surface area contributed by atoms with Gasteiger partial charge < -0.3 is 10.5 Å². The van der Waals surface area contributed by atoms with Crippen LogP contribution >= 0.6 is 0 Å². The van der Waals surface area contributed by atoms with E-state index in [1.807, 2.05) is 4.68 Å². The highest BCUT2D eigenvalue weighted by Gasteiger charge is 2.26. The summed E-state index contributed by atoms with van der Waals surface area (Å²) in [5.74, 6) is 1.45. The maximum atomic E-state index is 6.45. The molecule has 5 nitrogen and oxygen atoms in total. The van der Waals surface area contributed by atoms with Crippen molar-refractivity contribution >= 4 is 0 Å². The molecule has 1 heterocycles. The van der Waals surface area contributed by atoms with Crippen molar-refractivity contribution in [1.29, 1.82) is 0 Å². The lowest BCUT2D eigenvalue weighted by Gasteiger charge is -2.27. The molecule has 1 aromatic heterocycles. The molecule has 0 atom stereocenters. The average molecular weight is 280 g/mol. The normalized spacial score (nSPS) is 19.2. The van der Waals surface area contributed by atoms with E-state index in [1.54, 1.807) is 6.33 Å². The molecule has 0 saturated heterocycles. The Morgan fingerprint density at radius 3 is 2.65 bits per heavy atom. The quantitative estimate of drug-likeness (QED) is 0.813. The van der Waals surface area contributed by atoms with Crippen LogP contribution in [-0.2, 0) is 17.9 Å². The van der Waals surface area contributed by atoms with Gasteiger partial charge in [0.1, 0.15) is 12.9 Å². The van der Waals surface area contributed by atoms with Crippen molar-refractivity contribution in [2.24, 2.45) is 11.7 Å². The molecule has 5 heteroatoms. The monoisotopic (exact) mass is 280 g/mol. The summed E-state index contributed by atoms with van der Waals surface area (Å²) in [5, 5.41) is 4.25. The second kappa shape index (κ2) is 7.18. The molecule has 114 valence electrons. The van der Waals surface area contributed by atoms with E-state index in [9.17, 15) is 0 Å². The SMILES string of the molecule is CC(C)Cn1ncnc1COCC1(N)CCCCCC1. The minimum absolute atomic E-state index is 0.139. The van der Waals surface area contributed by atoms with Gasteiger partial charge in [-0.25, -0.2) is 9.67 Å². The number of hydrogen-bond acceptors (Lipinski definition) is 4. The van der Waals surface area contributed by atoms with E-state index >= 15 is 0 Å². The Labute approximate surface area is 121 Å². The van der Waals surface area contributed by atoms with Crippen LogP contribution in [0, 0.1) is 5.92 Å². The molecule has 1 aliphatic rings. The lowest BCUT2D eigenvalue weighted by atomic mass is 9.93. The van der Waals surface area contributed by atoms with Gasteiger partial charge in [0, 0.05) is 12.1 Å². The molecule has 2 rings (SSSR count). The summed E-state index contributed by atoms with van der Waals surface area (Å²) < 4.78 is 7.78. The van der Waals surface area contributed by atoms with Gasteiger partial charge in [-0.3, -0.25) is 0 Å². The third-order valence-electron chi connectivity index (χ3n) is 3.95. The van der Waals surface area contributed by atoms with Crippen molar-refractivity contribution in [3.63, 3.8) is 0 Å². The van der Waals surface area contributed by atoms with Gasteiger partial charge in [-0.05, 0) is 18.8 Å². The summed E-state index contributed by atoms with van der Waals surface area (Å²) in [4.78, 5) is 4.28. The highest BCUT2D eigenvalue weighted by atomic mass is 16.5. The van der Waals surface area contributed by atoms with E-state index in [1.165, 1.54) is 25.7 Å². The lowest BCUT2D eigenvalue weighted by molar-refractivity contribution is 0.0605. The maximum absolute atomic E-state index is 6.45. The molecule has 0 spiro atoms. The summed E-state index contributed by atoms with van der Waals surface area (Å²) in [6.07, 6.45) is 8.82. The van der Waals surface area contributed by atoms with Crippen molar-refractivity contribution in [3.05, 3.63) is 12.2 Å². The molecule has 0 amide bonds. The zero-order chi connectivity index (χ0) is 14.4. The number of aromatic nitrogens is 3. The second-order valence-corrected chi connectivity index (χ2v) is 6.52. The Kier molecular flexibility index (Phi) is 5.54. The van der Waals surface area contributed by atoms with Gasteiger partial charge in [0.25, 0.3) is 0 Å². The standard InChI is InChI=1S/C15H28N4O/c1-13(2)9-19-14(17-12-18-19)10-20-11-15(16)7-5-3-4-6-8-15/h12-13H,3-11,16H2,1-2H3. The van der Waals surface area contributed by atoms with Gasteiger partial charge in [0.15, 0.2) is 5.82 Å². The summed E-state index contributed by atoms with van der Waals surface area (Å²) in [7, 11) is 0. The van der Waals surface area contributed by atoms with Crippen molar-refractivity contribution < 1.29 is 4.74 Å². The van der Waals surface area contributed by atoms with Crippen molar-refractivity contribution in [1.82, 2.24) is 14.8 Å². The Morgan fingerprint density at radius 2 is 2.00 bits per heavy atom. The van der Waals surface area contributed by atoms with Crippen LogP contribution in [0.15, 0.2) is 6.33 Å². The molecule has 1 saturated carbocycles. The van der Waals surface area contributed by atoms with Crippen LogP contribution in [0.3, 0.4) is 0 Å². The highest BCUT2D eigenvalue weighted by molar-refractivity contribution is 4.87. The van der Waals surface area contributed by atoms with E-state index in [0.29, 0.717) is 19.1 Å². The minimum atomic E-state index is -0.139. The third kappa shape index (κ3) is 4.56. The van der Waals surface area contributed by atoms with Crippen LogP contribution < -0.4 is 5.73 Å². The maximum Gasteiger partial charge on any atom is 0.152 e. The van der Waals surface area contributed by atoms with Crippen molar-refractivity contribution in [3.8, 4) is 0 Å². The number of ether oxygens (including phenoxy) is 1. The fourth-order valence-electron chi connectivity index (χ4n) is 2.82. The molecule has 1 fully saturated rings. The molecule has 2 N–H and O–H groups in total. The fraction of sp³-hybridized carbons (Fsp3) is 0.867. The van der Waals surface area contributed by atoms with Crippen LogP contribution in [0.2, 0.25) is 0 Å². The molecule has 1 aliphatic carbocycles. The first-order valence-electron chi connectivity index (χ1n) is 7.82. The molecule has 0 aliphatic heterocycles. The van der Waals surface area contributed by atoms with E-state index in [-0.39, 0.29) is 5.54 Å². The van der Waals surface area contributed by atoms with Gasteiger partial charge in [-0.1, -0.05) is 39.5 Å². The van der Waals surface area contributed by atoms with Gasteiger partial charge in [0.05, 0.1) is 6.61 Å². The van der Waals surface area contributed by atoms with E-state index in [0.717, 1.165) is 25.2 Å². The number of nitrogens with two attached hydrogens (primary N) is 1. The predicted molar refractivity (Wildman–Crippen MR) is 79.1 cm³/mol. The zero-order valence-corrected chi connectivity index (χ0v) is 12.8. The fourth-order valence-corrected chi connectivity index (χ4v) is 2.82. The Bertz CT molecular complexity index is 394. The van der Waals surface area contributed by atoms with Crippen LogP contribution in [-0.4, -0.2) is 26.9 Å². The average Bonchev–Trinajstić information content (AvgIpc) is 2.69. The largest absolute Gasteiger partial charge is 0.372 e. The smallest absolute Gasteiger partial charge is 0.152 e. The predicted octanol–water partition coefficient (Wildman–Crippen LogP) is 2.50. The first kappa shape index (κ1) is 15.4. The Hall–Kier alpha value is -0.940. The summed E-state index contributed by atoms with van der Waals surface area (Å²) in [5.41, 5.74) is 6.31. The Morgan fingerprint density at radius 1 is 1.30 bits per heavy atom. The molecule has 20 heavy (non-hydrogen) atoms. The molecule has 0 aromatic carbocycles. The molecular formula is C15H28N4O. The van der Waals surface area contributed by atoms with Gasteiger partial charge >= 0.3 is 0 Å². The molecular weight excluding hydrogens is 252 g/mol. The summed E-state index contributed by atoms with van der Waals surface area (Å²) in [6.45, 7) is 6.36. The first-order chi connectivity index (χ1) is 9.59. The molecule has 0 unspecified atom stereocenters. The Balaban J connectivity index is 1.81. The van der Waals surface area contributed by atoms with E-state index < -0.39 is 0 Å². The van der Waals surface area contributed by atoms with Gasteiger partial charge in [0.2, 0.25) is 0 Å². The summed E-state index contributed by atoms with van der Waals surface area (Å²) in [6, 6.07) is 0. The van der Waals surface area contributed by atoms with Crippen molar-refractivity contribution in [2.45, 2.75) is 71.1 Å². The minimum Gasteiger partial charge on any atom is -0.372 e. The number of hydrogen-bond donors (Lipinski definition) is 1. The topological polar surface area (TPSA) is 66.0 Å². The van der Waals surface area contributed by atoms with Crippen LogP contribution in [0.25, 0.3) is 0 Å². The van der Waals surface area contributed by atoms with Crippen LogP contribution in [0.4, 0.5) is 0 Å². The van der Waals surface area contributed by atoms with Crippen LogP contribution in [0.5, 0.6) is 0 Å². The van der Waals surface area contributed by atoms with E-state index in [4.69, 9.17) is 10.5 Å². The van der Waals surface area contributed by atoms with Crippen molar-refractivity contribution in [2.75, 3.05) is 6.61 Å². The van der Waals surface area contributed by atoms with E-state index in [2.05, 4.69) is 23.9 Å². The summed E-state index contributed by atoms with van der Waals surface area (Å²) >= 11 is 0. The molecule has 0 radical (unpaired) electrons. The van der Waals surface area contributed by atoms with Gasteiger partial charge in [-0.2, -0.15) is 5.10 Å². The third-order valence-corrected chi connectivity index (χ3v) is 3.95. The molecule has 1 aromatic rings.